The van der Waals surface area contributed by atoms with E-state index in [9.17, 15) is 13.2 Å². The fraction of sp³-hybridized carbons (Fsp3) is 0.538. The van der Waals surface area contributed by atoms with E-state index in [0.29, 0.717) is 11.1 Å². The topological polar surface area (TPSA) is 79.4 Å². The lowest BCUT2D eigenvalue weighted by Gasteiger charge is -2.13. The number of hydrogen-bond acceptors (Lipinski definition) is 5. The van der Waals surface area contributed by atoms with Crippen LogP contribution >= 0.6 is 11.8 Å². The molecule has 1 N–H and O–H groups in total. The first-order valence-corrected chi connectivity index (χ1v) is 8.98. The lowest BCUT2D eigenvalue weighted by atomic mass is 10.4. The van der Waals surface area contributed by atoms with E-state index in [1.54, 1.807) is 6.07 Å². The summed E-state index contributed by atoms with van der Waals surface area (Å²) in [7, 11) is -0.515. The molecule has 0 saturated heterocycles. The first-order valence-electron chi connectivity index (χ1n) is 6.66. The highest BCUT2D eigenvalue weighted by molar-refractivity contribution is 8.00. The molecule has 21 heavy (non-hydrogen) atoms. The summed E-state index contributed by atoms with van der Waals surface area (Å²) in [4.78, 5) is 16.1. The van der Waals surface area contributed by atoms with Crippen LogP contribution in [-0.2, 0) is 14.8 Å². The third-order valence-corrected chi connectivity index (χ3v) is 5.93. The Balaban J connectivity index is 2.00. The maximum atomic E-state index is 11.9. The number of amides is 1. The Morgan fingerprint density at radius 1 is 1.43 bits per heavy atom. The highest BCUT2D eigenvalue weighted by atomic mass is 32.2. The summed E-state index contributed by atoms with van der Waals surface area (Å²) < 4.78 is 25.0. The van der Waals surface area contributed by atoms with Crippen molar-refractivity contribution in [2.24, 2.45) is 0 Å². The van der Waals surface area contributed by atoms with Gasteiger partial charge in [0.2, 0.25) is 15.9 Å². The van der Waals surface area contributed by atoms with Gasteiger partial charge in [0.15, 0.2) is 0 Å². The van der Waals surface area contributed by atoms with Crippen LogP contribution in [0.1, 0.15) is 19.8 Å². The number of nitrogens with zero attached hydrogens (tertiary/aromatic N) is 2. The largest absolute Gasteiger partial charge is 0.352 e. The molecule has 0 aromatic carbocycles. The number of rotatable bonds is 6. The molecule has 1 amide bonds. The van der Waals surface area contributed by atoms with Crippen LogP contribution in [0.25, 0.3) is 0 Å². The van der Waals surface area contributed by atoms with E-state index in [1.807, 2.05) is 6.92 Å². The molecule has 116 valence electrons. The third kappa shape index (κ3) is 4.18. The summed E-state index contributed by atoms with van der Waals surface area (Å²) in [5.74, 6) is -0.00529. The van der Waals surface area contributed by atoms with Crippen LogP contribution in [0.3, 0.4) is 0 Å². The number of thioether (sulfide) groups is 1. The molecular formula is C13H19N3O3S2. The molecular weight excluding hydrogens is 310 g/mol. The van der Waals surface area contributed by atoms with Crippen molar-refractivity contribution in [2.75, 3.05) is 14.1 Å². The van der Waals surface area contributed by atoms with Gasteiger partial charge < -0.3 is 5.32 Å². The standard InChI is InChI=1S/C13H19N3O3S2/c1-9(13(17)15-10-4-5-10)20-12-7-6-11(8-14-12)21(18,19)16(2)3/h6-10H,4-5H2,1-3H3,(H,15,17)/t9-/m0/s1. The van der Waals surface area contributed by atoms with Crippen LogP contribution in [0.4, 0.5) is 0 Å². The summed E-state index contributed by atoms with van der Waals surface area (Å²) in [6.07, 6.45) is 3.43. The zero-order valence-corrected chi connectivity index (χ0v) is 13.9. The van der Waals surface area contributed by atoms with Gasteiger partial charge in [-0.2, -0.15) is 0 Å². The Kier molecular flexibility index (Phi) is 4.90. The molecule has 1 aromatic rings. The van der Waals surface area contributed by atoms with Crippen LogP contribution in [0.2, 0.25) is 0 Å². The van der Waals surface area contributed by atoms with E-state index >= 15 is 0 Å². The molecule has 0 spiro atoms. The number of aromatic nitrogens is 1. The maximum absolute atomic E-state index is 11.9. The first-order chi connectivity index (χ1) is 9.80. The Morgan fingerprint density at radius 3 is 2.57 bits per heavy atom. The zero-order valence-electron chi connectivity index (χ0n) is 12.2. The van der Waals surface area contributed by atoms with E-state index in [2.05, 4.69) is 10.3 Å². The minimum Gasteiger partial charge on any atom is -0.352 e. The number of sulfonamides is 1. The van der Waals surface area contributed by atoms with Gasteiger partial charge in [-0.3, -0.25) is 4.79 Å². The zero-order chi connectivity index (χ0) is 15.6. The van der Waals surface area contributed by atoms with Crippen molar-refractivity contribution in [3.63, 3.8) is 0 Å². The molecule has 1 saturated carbocycles. The van der Waals surface area contributed by atoms with Gasteiger partial charge in [-0.15, -0.1) is 0 Å². The van der Waals surface area contributed by atoms with E-state index < -0.39 is 10.0 Å². The van der Waals surface area contributed by atoms with Gasteiger partial charge in [0, 0.05) is 26.3 Å². The lowest BCUT2D eigenvalue weighted by molar-refractivity contribution is -0.120. The molecule has 1 aliphatic rings. The molecule has 1 aromatic heterocycles. The van der Waals surface area contributed by atoms with E-state index in [1.165, 1.54) is 38.1 Å². The van der Waals surface area contributed by atoms with Crippen LogP contribution < -0.4 is 5.32 Å². The fourth-order valence-corrected chi connectivity index (χ4v) is 3.23. The Hall–Kier alpha value is -1.12. The molecule has 0 aliphatic heterocycles. The summed E-state index contributed by atoms with van der Waals surface area (Å²) >= 11 is 1.32. The second-order valence-corrected chi connectivity index (χ2v) is 8.68. The predicted octanol–water partition coefficient (Wildman–Crippen LogP) is 1.09. The molecule has 2 rings (SSSR count). The van der Waals surface area contributed by atoms with E-state index in [4.69, 9.17) is 0 Å². The number of hydrogen-bond donors (Lipinski definition) is 1. The first kappa shape index (κ1) is 16.3. The molecule has 0 radical (unpaired) electrons. The van der Waals surface area contributed by atoms with Crippen molar-refractivity contribution >= 4 is 27.7 Å². The fourth-order valence-electron chi connectivity index (χ4n) is 1.58. The van der Waals surface area contributed by atoms with Gasteiger partial charge >= 0.3 is 0 Å². The number of carbonyl (C=O) groups excluding carboxylic acids is 1. The van der Waals surface area contributed by atoms with Crippen LogP contribution in [0.5, 0.6) is 0 Å². The minimum atomic E-state index is -3.46. The molecule has 0 unspecified atom stereocenters. The number of nitrogens with one attached hydrogen (secondary N) is 1. The van der Waals surface area contributed by atoms with Crippen molar-refractivity contribution < 1.29 is 13.2 Å². The van der Waals surface area contributed by atoms with Gasteiger partial charge in [0.25, 0.3) is 0 Å². The van der Waals surface area contributed by atoms with Crippen molar-refractivity contribution in [1.29, 1.82) is 0 Å². The van der Waals surface area contributed by atoms with Crippen molar-refractivity contribution in [2.45, 2.75) is 41.0 Å². The minimum absolute atomic E-state index is 0.00529. The number of pyridine rings is 1. The SMILES string of the molecule is C[C@H](Sc1ccc(S(=O)(=O)N(C)C)cn1)C(=O)NC1CC1. The van der Waals surface area contributed by atoms with Crippen molar-refractivity contribution in [1.82, 2.24) is 14.6 Å². The van der Waals surface area contributed by atoms with Gasteiger partial charge in [0.1, 0.15) is 4.90 Å². The smallest absolute Gasteiger partial charge is 0.244 e. The lowest BCUT2D eigenvalue weighted by Crippen LogP contribution is -2.32. The molecule has 1 fully saturated rings. The molecule has 0 bridgehead atoms. The Morgan fingerprint density at radius 2 is 2.10 bits per heavy atom. The van der Waals surface area contributed by atoms with Crippen molar-refractivity contribution in [3.05, 3.63) is 18.3 Å². The highest BCUT2D eigenvalue weighted by Crippen LogP contribution is 2.25. The molecule has 1 aliphatic carbocycles. The van der Waals surface area contributed by atoms with Crippen molar-refractivity contribution in [3.8, 4) is 0 Å². The maximum Gasteiger partial charge on any atom is 0.244 e. The monoisotopic (exact) mass is 329 g/mol. The Bertz CT molecular complexity index is 610. The third-order valence-electron chi connectivity index (χ3n) is 3.08. The molecule has 1 atom stereocenters. The van der Waals surface area contributed by atoms with Gasteiger partial charge in [-0.05, 0) is 31.9 Å². The predicted molar refractivity (Wildman–Crippen MR) is 81.6 cm³/mol. The molecule has 6 nitrogen and oxygen atoms in total. The number of carbonyl (C=O) groups is 1. The summed E-state index contributed by atoms with van der Waals surface area (Å²) in [6.45, 7) is 1.81. The second kappa shape index (κ2) is 6.33. The summed E-state index contributed by atoms with van der Waals surface area (Å²) in [6, 6.07) is 3.47. The van der Waals surface area contributed by atoms with Gasteiger partial charge in [-0.1, -0.05) is 11.8 Å². The molecule has 1 heterocycles. The second-order valence-electron chi connectivity index (χ2n) is 5.16. The van der Waals surface area contributed by atoms with Crippen LogP contribution in [-0.4, -0.2) is 49.0 Å². The average molecular weight is 329 g/mol. The van der Waals surface area contributed by atoms with Gasteiger partial charge in [0.05, 0.1) is 10.3 Å². The summed E-state index contributed by atoms with van der Waals surface area (Å²) in [5, 5.41) is 3.31. The van der Waals surface area contributed by atoms with E-state index in [0.717, 1.165) is 17.1 Å². The normalized spacial score (nSPS) is 16.8. The summed E-state index contributed by atoms with van der Waals surface area (Å²) in [5.41, 5.74) is 0. The quantitative estimate of drug-likeness (QED) is 0.790. The van der Waals surface area contributed by atoms with E-state index in [-0.39, 0.29) is 16.1 Å². The molecule has 8 heteroatoms. The Labute approximate surface area is 129 Å². The average Bonchev–Trinajstić information content (AvgIpc) is 3.23. The highest BCUT2D eigenvalue weighted by Gasteiger charge is 2.26. The van der Waals surface area contributed by atoms with Crippen LogP contribution in [0.15, 0.2) is 28.3 Å². The van der Waals surface area contributed by atoms with Crippen LogP contribution in [0, 0.1) is 0 Å². The van der Waals surface area contributed by atoms with Gasteiger partial charge in [-0.25, -0.2) is 17.7 Å².